The summed E-state index contributed by atoms with van der Waals surface area (Å²) in [5, 5.41) is 8.67. The molecule has 0 atom stereocenters. The summed E-state index contributed by atoms with van der Waals surface area (Å²) >= 11 is 0. The highest BCUT2D eigenvalue weighted by Crippen LogP contribution is 2.10. The molecule has 0 radical (unpaired) electrons. The number of rotatable bonds is 3. The average molecular weight is 211 g/mol. The second-order valence-corrected chi connectivity index (χ2v) is 3.11. The van der Waals surface area contributed by atoms with E-state index in [0.717, 1.165) is 5.75 Å². The van der Waals surface area contributed by atoms with Crippen LogP contribution in [-0.2, 0) is 6.61 Å². The lowest BCUT2D eigenvalue weighted by molar-refractivity contribution is 0.301. The summed E-state index contributed by atoms with van der Waals surface area (Å²) in [6.07, 6.45) is 1.36. The monoisotopic (exact) mass is 211 g/mol. The molecule has 78 valence electrons. The second kappa shape index (κ2) is 4.89. The minimum absolute atomic E-state index is 0.335. The van der Waals surface area contributed by atoms with E-state index >= 15 is 0 Å². The van der Waals surface area contributed by atoms with Gasteiger partial charge in [-0.2, -0.15) is 5.26 Å². The minimum atomic E-state index is 0.335. The molecule has 0 fully saturated rings. The molecular formula is C12H9N3O. The van der Waals surface area contributed by atoms with Crippen molar-refractivity contribution in [2.24, 2.45) is 0 Å². The van der Waals surface area contributed by atoms with Gasteiger partial charge >= 0.3 is 0 Å². The van der Waals surface area contributed by atoms with Crippen molar-refractivity contribution in [1.82, 2.24) is 9.97 Å². The Labute approximate surface area is 93.2 Å². The fourth-order valence-electron chi connectivity index (χ4n) is 1.21. The van der Waals surface area contributed by atoms with E-state index < -0.39 is 0 Å². The quantitative estimate of drug-likeness (QED) is 0.778. The number of ether oxygens (including phenoxy) is 1. The van der Waals surface area contributed by atoms with E-state index in [1.54, 1.807) is 6.07 Å². The first-order valence-corrected chi connectivity index (χ1v) is 4.77. The summed E-state index contributed by atoms with van der Waals surface area (Å²) in [5.41, 5.74) is 1.04. The van der Waals surface area contributed by atoms with Crippen molar-refractivity contribution >= 4 is 0 Å². The van der Waals surface area contributed by atoms with Gasteiger partial charge < -0.3 is 4.74 Å². The molecule has 0 amide bonds. The first-order chi connectivity index (χ1) is 7.88. The van der Waals surface area contributed by atoms with Gasteiger partial charge in [0.1, 0.15) is 30.4 Å². The van der Waals surface area contributed by atoms with Crippen LogP contribution < -0.4 is 4.74 Å². The van der Waals surface area contributed by atoms with E-state index in [1.165, 1.54) is 6.33 Å². The Bertz CT molecular complexity index is 505. The van der Waals surface area contributed by atoms with Crippen molar-refractivity contribution in [2.75, 3.05) is 0 Å². The Kier molecular flexibility index (Phi) is 3.10. The van der Waals surface area contributed by atoms with Crippen molar-refractivity contribution in [3.05, 3.63) is 54.1 Å². The summed E-state index contributed by atoms with van der Waals surface area (Å²) in [6.45, 7) is 0.335. The van der Waals surface area contributed by atoms with Gasteiger partial charge in [-0.15, -0.1) is 0 Å². The molecule has 0 saturated heterocycles. The van der Waals surface area contributed by atoms with Crippen molar-refractivity contribution < 1.29 is 4.74 Å². The summed E-state index contributed by atoms with van der Waals surface area (Å²) in [5.74, 6) is 0.777. The molecule has 16 heavy (non-hydrogen) atoms. The minimum Gasteiger partial charge on any atom is -0.487 e. The van der Waals surface area contributed by atoms with Gasteiger partial charge in [0, 0.05) is 0 Å². The van der Waals surface area contributed by atoms with Crippen LogP contribution in [0.25, 0.3) is 0 Å². The van der Waals surface area contributed by atoms with Crippen molar-refractivity contribution in [2.45, 2.75) is 6.61 Å². The van der Waals surface area contributed by atoms with Crippen LogP contribution in [0, 0.1) is 11.3 Å². The van der Waals surface area contributed by atoms with Gasteiger partial charge in [-0.1, -0.05) is 18.2 Å². The predicted octanol–water partition coefficient (Wildman–Crippen LogP) is 1.93. The smallest absolute Gasteiger partial charge is 0.144 e. The molecule has 0 N–H and O–H groups in total. The maximum Gasteiger partial charge on any atom is 0.144 e. The topological polar surface area (TPSA) is 58.8 Å². The highest BCUT2D eigenvalue weighted by molar-refractivity contribution is 5.23. The maximum absolute atomic E-state index is 8.67. The summed E-state index contributed by atoms with van der Waals surface area (Å²) in [7, 11) is 0. The lowest BCUT2D eigenvalue weighted by Crippen LogP contribution is -1.99. The van der Waals surface area contributed by atoms with Crippen LogP contribution in [0.2, 0.25) is 0 Å². The first kappa shape index (κ1) is 10.1. The normalized spacial score (nSPS) is 9.44. The van der Waals surface area contributed by atoms with Gasteiger partial charge in [0.2, 0.25) is 0 Å². The van der Waals surface area contributed by atoms with Crippen LogP contribution in [0.4, 0.5) is 0 Å². The van der Waals surface area contributed by atoms with E-state index in [2.05, 4.69) is 9.97 Å². The van der Waals surface area contributed by atoms with Crippen LogP contribution in [0.5, 0.6) is 5.75 Å². The molecule has 1 aromatic carbocycles. The third-order valence-electron chi connectivity index (χ3n) is 1.97. The standard InChI is InChI=1S/C12H9N3O/c13-7-10-6-11(15-9-14-10)8-16-12-4-2-1-3-5-12/h1-6,9H,8H2. The van der Waals surface area contributed by atoms with Gasteiger partial charge in [-0.3, -0.25) is 0 Å². The molecule has 0 spiro atoms. The van der Waals surface area contributed by atoms with E-state index in [0.29, 0.717) is 18.0 Å². The largest absolute Gasteiger partial charge is 0.487 e. The summed E-state index contributed by atoms with van der Waals surface area (Å²) in [4.78, 5) is 7.80. The maximum atomic E-state index is 8.67. The van der Waals surface area contributed by atoms with E-state index in [4.69, 9.17) is 10.00 Å². The van der Waals surface area contributed by atoms with Gasteiger partial charge in [-0.05, 0) is 18.2 Å². The number of nitrogens with zero attached hydrogens (tertiary/aromatic N) is 3. The highest BCUT2D eigenvalue weighted by atomic mass is 16.5. The van der Waals surface area contributed by atoms with Crippen LogP contribution >= 0.6 is 0 Å². The number of nitriles is 1. The van der Waals surface area contributed by atoms with Crippen molar-refractivity contribution in [1.29, 1.82) is 5.26 Å². The molecular weight excluding hydrogens is 202 g/mol. The number of para-hydroxylation sites is 1. The third-order valence-corrected chi connectivity index (χ3v) is 1.97. The summed E-state index contributed by atoms with van der Waals surface area (Å²) < 4.78 is 5.49. The molecule has 2 rings (SSSR count). The van der Waals surface area contributed by atoms with Gasteiger partial charge in [-0.25, -0.2) is 9.97 Å². The molecule has 4 heteroatoms. The van der Waals surface area contributed by atoms with Gasteiger partial charge in [0.05, 0.1) is 5.69 Å². The fourth-order valence-corrected chi connectivity index (χ4v) is 1.21. The molecule has 4 nitrogen and oxygen atoms in total. The van der Waals surface area contributed by atoms with Gasteiger partial charge in [0.25, 0.3) is 0 Å². The van der Waals surface area contributed by atoms with Crippen LogP contribution in [0.1, 0.15) is 11.4 Å². The molecule has 0 aliphatic carbocycles. The molecule has 0 bridgehead atoms. The number of hydrogen-bond donors (Lipinski definition) is 0. The SMILES string of the molecule is N#Cc1cc(COc2ccccc2)ncn1. The Morgan fingerprint density at radius 2 is 2.00 bits per heavy atom. The zero-order valence-corrected chi connectivity index (χ0v) is 8.50. The number of hydrogen-bond acceptors (Lipinski definition) is 4. The van der Waals surface area contributed by atoms with Crippen LogP contribution in [-0.4, -0.2) is 9.97 Å². The fraction of sp³-hybridized carbons (Fsp3) is 0.0833. The predicted molar refractivity (Wildman–Crippen MR) is 57.5 cm³/mol. The third kappa shape index (κ3) is 2.55. The molecule has 1 aromatic heterocycles. The number of aromatic nitrogens is 2. The van der Waals surface area contributed by atoms with E-state index in [-0.39, 0.29) is 0 Å². The summed E-state index contributed by atoms with van der Waals surface area (Å²) in [6, 6.07) is 13.0. The highest BCUT2D eigenvalue weighted by Gasteiger charge is 1.99. The number of benzene rings is 1. The van der Waals surface area contributed by atoms with E-state index in [9.17, 15) is 0 Å². The van der Waals surface area contributed by atoms with Crippen molar-refractivity contribution in [3.8, 4) is 11.8 Å². The van der Waals surface area contributed by atoms with Gasteiger partial charge in [0.15, 0.2) is 0 Å². The Hall–Kier alpha value is -2.41. The first-order valence-electron chi connectivity index (χ1n) is 4.77. The molecule has 0 aliphatic heterocycles. The zero-order valence-electron chi connectivity index (χ0n) is 8.50. The Morgan fingerprint density at radius 3 is 2.75 bits per heavy atom. The molecule has 1 heterocycles. The average Bonchev–Trinajstić information content (AvgIpc) is 2.38. The second-order valence-electron chi connectivity index (χ2n) is 3.11. The molecule has 2 aromatic rings. The molecule has 0 saturated carbocycles. The zero-order chi connectivity index (χ0) is 11.2. The van der Waals surface area contributed by atoms with Crippen molar-refractivity contribution in [3.63, 3.8) is 0 Å². The Morgan fingerprint density at radius 1 is 1.19 bits per heavy atom. The molecule has 0 unspecified atom stereocenters. The van der Waals surface area contributed by atoms with Crippen LogP contribution in [0.3, 0.4) is 0 Å². The Balaban J connectivity index is 2.03. The van der Waals surface area contributed by atoms with E-state index in [1.807, 2.05) is 36.4 Å². The van der Waals surface area contributed by atoms with Crippen LogP contribution in [0.15, 0.2) is 42.7 Å². The molecule has 0 aliphatic rings. The lowest BCUT2D eigenvalue weighted by atomic mass is 10.3. The lowest BCUT2D eigenvalue weighted by Gasteiger charge is -2.04.